The lowest BCUT2D eigenvalue weighted by molar-refractivity contribution is 0.0381. The van der Waals surface area contributed by atoms with Crippen LogP contribution in [0.25, 0.3) is 0 Å². The summed E-state index contributed by atoms with van der Waals surface area (Å²) in [6, 6.07) is 2.66. The fourth-order valence-corrected chi connectivity index (χ4v) is 4.12. The average Bonchev–Trinajstić information content (AvgIpc) is 2.91. The number of rotatable bonds is 4. The van der Waals surface area contributed by atoms with E-state index < -0.39 is 0 Å². The van der Waals surface area contributed by atoms with Crippen molar-refractivity contribution in [1.29, 1.82) is 0 Å². The van der Waals surface area contributed by atoms with Crippen molar-refractivity contribution in [2.75, 3.05) is 39.4 Å². The van der Waals surface area contributed by atoms with Gasteiger partial charge in [-0.3, -0.25) is 4.90 Å². The van der Waals surface area contributed by atoms with E-state index in [1.807, 2.05) is 0 Å². The lowest BCUT2D eigenvalue weighted by Crippen LogP contribution is -2.40. The number of nitrogens with one attached hydrogen (secondary N) is 1. The molecule has 0 aromatic carbocycles. The van der Waals surface area contributed by atoms with Crippen LogP contribution in [0.2, 0.25) is 4.34 Å². The van der Waals surface area contributed by atoms with Gasteiger partial charge in [-0.05, 0) is 24.5 Å². The van der Waals surface area contributed by atoms with Gasteiger partial charge in [0.25, 0.3) is 0 Å². The molecule has 0 radical (unpaired) electrons. The highest BCUT2D eigenvalue weighted by Crippen LogP contribution is 2.39. The Bertz CT molecular complexity index is 404. The summed E-state index contributed by atoms with van der Waals surface area (Å²) < 4.78 is 6.28. The van der Waals surface area contributed by atoms with Crippen molar-refractivity contribution in [3.05, 3.63) is 20.8 Å². The smallest absolute Gasteiger partial charge is 0.0934 e. The number of hydrogen-bond acceptors (Lipinski definition) is 4. The van der Waals surface area contributed by atoms with Crippen LogP contribution in [-0.2, 0) is 11.2 Å². The van der Waals surface area contributed by atoms with Crippen molar-refractivity contribution in [3.8, 4) is 0 Å². The van der Waals surface area contributed by atoms with E-state index >= 15 is 0 Å². The summed E-state index contributed by atoms with van der Waals surface area (Å²) >= 11 is 7.81. The molecule has 2 heterocycles. The third-order valence-electron chi connectivity index (χ3n) is 3.77. The van der Waals surface area contributed by atoms with Crippen LogP contribution < -0.4 is 5.32 Å². The van der Waals surface area contributed by atoms with Gasteiger partial charge in [-0.15, -0.1) is 11.3 Å². The van der Waals surface area contributed by atoms with Crippen molar-refractivity contribution in [3.63, 3.8) is 0 Å². The van der Waals surface area contributed by atoms with Crippen LogP contribution in [-0.4, -0.2) is 44.3 Å². The number of halogens is 1. The monoisotopic (exact) mass is 286 g/mol. The zero-order chi connectivity index (χ0) is 12.4. The number of hydrogen-bond donors (Lipinski definition) is 1. The third-order valence-corrected chi connectivity index (χ3v) is 5.11. The van der Waals surface area contributed by atoms with E-state index in [1.165, 1.54) is 23.3 Å². The normalized spacial score (nSPS) is 24.4. The minimum atomic E-state index is 0.518. The lowest BCUT2D eigenvalue weighted by Gasteiger charge is -2.27. The van der Waals surface area contributed by atoms with Gasteiger partial charge in [-0.2, -0.15) is 0 Å². The van der Waals surface area contributed by atoms with E-state index in [0.29, 0.717) is 6.04 Å². The molecule has 5 heteroatoms. The minimum absolute atomic E-state index is 0.518. The Balaban J connectivity index is 1.46. The maximum absolute atomic E-state index is 6.07. The van der Waals surface area contributed by atoms with E-state index in [2.05, 4.69) is 16.3 Å². The number of ether oxygens (including phenoxy) is 1. The highest BCUT2D eigenvalue weighted by Gasteiger charge is 2.24. The molecule has 1 unspecified atom stereocenters. The number of thiophene rings is 1. The molecule has 100 valence electrons. The van der Waals surface area contributed by atoms with Gasteiger partial charge in [0.05, 0.1) is 17.6 Å². The summed E-state index contributed by atoms with van der Waals surface area (Å²) in [5.74, 6) is 0. The molecule has 18 heavy (non-hydrogen) atoms. The second kappa shape index (κ2) is 5.88. The summed E-state index contributed by atoms with van der Waals surface area (Å²) in [5, 5.41) is 3.66. The van der Waals surface area contributed by atoms with Gasteiger partial charge in [0.2, 0.25) is 0 Å². The van der Waals surface area contributed by atoms with Crippen LogP contribution in [0, 0.1) is 0 Å². The van der Waals surface area contributed by atoms with Crippen molar-refractivity contribution in [1.82, 2.24) is 10.2 Å². The fraction of sp³-hybridized carbons (Fsp3) is 0.692. The lowest BCUT2D eigenvalue weighted by atomic mass is 10.2. The molecule has 1 saturated heterocycles. The Labute approximate surface area is 117 Å². The first-order valence-electron chi connectivity index (χ1n) is 6.64. The van der Waals surface area contributed by atoms with Crippen molar-refractivity contribution < 1.29 is 4.74 Å². The van der Waals surface area contributed by atoms with Crippen LogP contribution in [0.4, 0.5) is 0 Å². The number of morpholine rings is 1. The fourth-order valence-electron chi connectivity index (χ4n) is 2.76. The number of nitrogens with zero attached hydrogens (tertiary/aromatic N) is 1. The molecule has 1 aromatic rings. The highest BCUT2D eigenvalue weighted by molar-refractivity contribution is 7.16. The van der Waals surface area contributed by atoms with Crippen LogP contribution in [0.3, 0.4) is 0 Å². The molecular weight excluding hydrogens is 268 g/mol. The molecule has 1 N–H and O–H groups in total. The van der Waals surface area contributed by atoms with Gasteiger partial charge < -0.3 is 10.1 Å². The van der Waals surface area contributed by atoms with Gasteiger partial charge >= 0.3 is 0 Å². The van der Waals surface area contributed by atoms with E-state index in [9.17, 15) is 0 Å². The Hall–Kier alpha value is -0.130. The van der Waals surface area contributed by atoms with Gasteiger partial charge in [0, 0.05) is 37.1 Å². The first kappa shape index (κ1) is 12.9. The van der Waals surface area contributed by atoms with Crippen molar-refractivity contribution >= 4 is 22.9 Å². The molecule has 0 bridgehead atoms. The summed E-state index contributed by atoms with van der Waals surface area (Å²) in [7, 11) is 0. The predicted molar refractivity (Wildman–Crippen MR) is 75.7 cm³/mol. The molecule has 3 nitrogen and oxygen atoms in total. The zero-order valence-electron chi connectivity index (χ0n) is 10.5. The van der Waals surface area contributed by atoms with Crippen LogP contribution in [0.5, 0.6) is 0 Å². The van der Waals surface area contributed by atoms with E-state index in [0.717, 1.165) is 43.7 Å². The second-order valence-corrected chi connectivity index (χ2v) is 6.70. The van der Waals surface area contributed by atoms with Gasteiger partial charge in [-0.25, -0.2) is 0 Å². The number of aryl methyl sites for hydroxylation is 1. The maximum Gasteiger partial charge on any atom is 0.0934 e. The second-order valence-electron chi connectivity index (χ2n) is 4.93. The van der Waals surface area contributed by atoms with Crippen LogP contribution in [0.15, 0.2) is 6.07 Å². The van der Waals surface area contributed by atoms with Crippen molar-refractivity contribution in [2.24, 2.45) is 0 Å². The topological polar surface area (TPSA) is 24.5 Å². The van der Waals surface area contributed by atoms with E-state index in [-0.39, 0.29) is 0 Å². The summed E-state index contributed by atoms with van der Waals surface area (Å²) in [6.45, 7) is 6.08. The van der Waals surface area contributed by atoms with E-state index in [4.69, 9.17) is 16.3 Å². The molecule has 0 spiro atoms. The van der Waals surface area contributed by atoms with Gasteiger partial charge in [0.15, 0.2) is 0 Å². The minimum Gasteiger partial charge on any atom is -0.379 e. The Kier molecular flexibility index (Phi) is 4.21. The molecule has 1 fully saturated rings. The molecule has 0 amide bonds. The highest BCUT2D eigenvalue weighted by atomic mass is 35.5. The van der Waals surface area contributed by atoms with E-state index in [1.54, 1.807) is 11.3 Å². The summed E-state index contributed by atoms with van der Waals surface area (Å²) in [4.78, 5) is 3.94. The Morgan fingerprint density at radius 2 is 2.28 bits per heavy atom. The molecule has 1 atom stereocenters. The molecule has 3 rings (SSSR count). The Morgan fingerprint density at radius 3 is 3.11 bits per heavy atom. The zero-order valence-corrected chi connectivity index (χ0v) is 12.0. The molecule has 1 aliphatic heterocycles. The van der Waals surface area contributed by atoms with Crippen LogP contribution >= 0.6 is 22.9 Å². The number of fused-ring (bicyclic) bond motifs is 1. The molecule has 1 aliphatic carbocycles. The van der Waals surface area contributed by atoms with Gasteiger partial charge in [0.1, 0.15) is 0 Å². The predicted octanol–water partition coefficient (Wildman–Crippen LogP) is 2.31. The quantitative estimate of drug-likeness (QED) is 0.919. The Morgan fingerprint density at radius 1 is 1.44 bits per heavy atom. The van der Waals surface area contributed by atoms with Crippen LogP contribution in [0.1, 0.15) is 22.9 Å². The standard InChI is InChI=1S/C13H19ClN2OS/c14-13-9-10-11(1-2-12(10)18-13)15-3-4-16-5-7-17-8-6-16/h9,11,15H,1-8H2. The third kappa shape index (κ3) is 2.89. The molecule has 0 saturated carbocycles. The first-order chi connectivity index (χ1) is 8.83. The molecular formula is C13H19ClN2OS. The average molecular weight is 287 g/mol. The van der Waals surface area contributed by atoms with Crippen molar-refractivity contribution in [2.45, 2.75) is 18.9 Å². The largest absolute Gasteiger partial charge is 0.379 e. The summed E-state index contributed by atoms with van der Waals surface area (Å²) in [5.41, 5.74) is 1.44. The summed E-state index contributed by atoms with van der Waals surface area (Å²) in [6.07, 6.45) is 2.41. The molecule has 2 aliphatic rings. The first-order valence-corrected chi connectivity index (χ1v) is 7.84. The SMILES string of the molecule is Clc1cc2c(s1)CCC2NCCN1CCOCC1. The molecule has 1 aromatic heterocycles. The maximum atomic E-state index is 6.07. The van der Waals surface area contributed by atoms with Gasteiger partial charge in [-0.1, -0.05) is 11.6 Å².